The minimum absolute atomic E-state index is 0.0725. The Hall–Kier alpha value is -2.48. The van der Waals surface area contributed by atoms with Gasteiger partial charge in [0.25, 0.3) is 0 Å². The SMILES string of the molecule is CN=C(NCCc1cc(F)ccc1F)N1CCOC(c2cnn(C)c2)C1. The summed E-state index contributed by atoms with van der Waals surface area (Å²) in [6.07, 6.45) is 4.05. The largest absolute Gasteiger partial charge is 0.370 e. The number of nitrogens with zero attached hydrogens (tertiary/aromatic N) is 4. The van der Waals surface area contributed by atoms with Crippen LogP contribution in [-0.2, 0) is 18.2 Å². The molecule has 0 radical (unpaired) electrons. The van der Waals surface area contributed by atoms with E-state index < -0.39 is 11.6 Å². The number of nitrogens with one attached hydrogen (secondary N) is 1. The number of aliphatic imine (C=N–C) groups is 1. The first-order valence-electron chi connectivity index (χ1n) is 8.56. The molecule has 1 fully saturated rings. The number of morpholine rings is 1. The highest BCUT2D eigenvalue weighted by Gasteiger charge is 2.25. The summed E-state index contributed by atoms with van der Waals surface area (Å²) >= 11 is 0. The van der Waals surface area contributed by atoms with Crippen molar-refractivity contribution < 1.29 is 13.5 Å². The van der Waals surface area contributed by atoms with Gasteiger partial charge >= 0.3 is 0 Å². The van der Waals surface area contributed by atoms with Gasteiger partial charge < -0.3 is 15.0 Å². The van der Waals surface area contributed by atoms with Crippen LogP contribution in [0.4, 0.5) is 8.78 Å². The van der Waals surface area contributed by atoms with Gasteiger partial charge in [0.1, 0.15) is 17.7 Å². The average Bonchev–Trinajstić information content (AvgIpc) is 3.08. The third kappa shape index (κ3) is 4.37. The zero-order chi connectivity index (χ0) is 18.5. The Kier molecular flexibility index (Phi) is 5.82. The van der Waals surface area contributed by atoms with E-state index in [4.69, 9.17) is 4.74 Å². The standard InChI is InChI=1S/C18H23F2N5O/c1-21-18(22-6-5-13-9-15(19)3-4-16(13)20)25-7-8-26-17(12-25)14-10-23-24(2)11-14/h3-4,9-11,17H,5-8,12H2,1-2H3,(H,21,22). The third-order valence-corrected chi connectivity index (χ3v) is 4.36. The van der Waals surface area contributed by atoms with Crippen molar-refractivity contribution in [3.63, 3.8) is 0 Å². The van der Waals surface area contributed by atoms with Gasteiger partial charge in [-0.25, -0.2) is 8.78 Å². The molecule has 3 rings (SSSR count). The fraction of sp³-hybridized carbons (Fsp3) is 0.444. The van der Waals surface area contributed by atoms with Crippen LogP contribution in [0.2, 0.25) is 0 Å². The van der Waals surface area contributed by atoms with Crippen molar-refractivity contribution in [2.24, 2.45) is 12.0 Å². The van der Waals surface area contributed by atoms with Gasteiger partial charge in [-0.15, -0.1) is 0 Å². The molecule has 1 N–H and O–H groups in total. The summed E-state index contributed by atoms with van der Waals surface area (Å²) in [7, 11) is 3.58. The molecular weight excluding hydrogens is 340 g/mol. The van der Waals surface area contributed by atoms with Gasteiger partial charge in [-0.2, -0.15) is 5.10 Å². The summed E-state index contributed by atoms with van der Waals surface area (Å²) in [6.45, 7) is 2.41. The Balaban J connectivity index is 1.57. The minimum atomic E-state index is -0.432. The van der Waals surface area contributed by atoms with Crippen LogP contribution in [0, 0.1) is 11.6 Å². The molecule has 1 atom stereocenters. The van der Waals surface area contributed by atoms with E-state index in [1.165, 1.54) is 6.07 Å². The van der Waals surface area contributed by atoms with Gasteiger partial charge in [0.2, 0.25) is 0 Å². The lowest BCUT2D eigenvalue weighted by Gasteiger charge is -2.34. The van der Waals surface area contributed by atoms with Crippen molar-refractivity contribution in [1.82, 2.24) is 20.0 Å². The molecule has 1 unspecified atom stereocenters. The van der Waals surface area contributed by atoms with Crippen molar-refractivity contribution >= 4 is 5.96 Å². The van der Waals surface area contributed by atoms with Crippen LogP contribution in [-0.4, -0.2) is 53.9 Å². The molecule has 1 aromatic carbocycles. The highest BCUT2D eigenvalue weighted by Crippen LogP contribution is 2.21. The highest BCUT2D eigenvalue weighted by molar-refractivity contribution is 5.80. The number of rotatable bonds is 4. The van der Waals surface area contributed by atoms with Crippen molar-refractivity contribution in [2.45, 2.75) is 12.5 Å². The van der Waals surface area contributed by atoms with E-state index in [9.17, 15) is 8.78 Å². The topological polar surface area (TPSA) is 54.7 Å². The second-order valence-electron chi connectivity index (χ2n) is 6.21. The molecular formula is C18H23F2N5O. The van der Waals surface area contributed by atoms with Gasteiger partial charge in [0.05, 0.1) is 19.3 Å². The summed E-state index contributed by atoms with van der Waals surface area (Å²) in [5.74, 6) is -0.108. The Morgan fingerprint density at radius 3 is 3.00 bits per heavy atom. The monoisotopic (exact) mass is 363 g/mol. The number of hydrogen-bond donors (Lipinski definition) is 1. The molecule has 0 amide bonds. The smallest absolute Gasteiger partial charge is 0.193 e. The molecule has 2 heterocycles. The molecule has 26 heavy (non-hydrogen) atoms. The van der Waals surface area contributed by atoms with E-state index in [1.807, 2.05) is 13.2 Å². The lowest BCUT2D eigenvalue weighted by atomic mass is 10.1. The number of guanidine groups is 1. The number of hydrogen-bond acceptors (Lipinski definition) is 3. The first-order valence-corrected chi connectivity index (χ1v) is 8.56. The molecule has 2 aromatic rings. The summed E-state index contributed by atoms with van der Waals surface area (Å²) in [5.41, 5.74) is 1.37. The van der Waals surface area contributed by atoms with Crippen LogP contribution >= 0.6 is 0 Å². The number of aryl methyl sites for hydroxylation is 1. The molecule has 6 nitrogen and oxygen atoms in total. The van der Waals surface area contributed by atoms with Crippen molar-refractivity contribution in [3.8, 4) is 0 Å². The summed E-state index contributed by atoms with van der Waals surface area (Å²) in [4.78, 5) is 6.40. The lowest BCUT2D eigenvalue weighted by molar-refractivity contribution is -0.00801. The Labute approximate surface area is 151 Å². The van der Waals surface area contributed by atoms with E-state index in [-0.39, 0.29) is 6.10 Å². The van der Waals surface area contributed by atoms with Gasteiger partial charge in [0, 0.05) is 38.9 Å². The number of halogens is 2. The fourth-order valence-corrected chi connectivity index (χ4v) is 3.03. The number of aromatic nitrogens is 2. The highest BCUT2D eigenvalue weighted by atomic mass is 19.1. The second kappa shape index (κ2) is 8.27. The summed E-state index contributed by atoms with van der Waals surface area (Å²) in [6, 6.07) is 3.50. The Morgan fingerprint density at radius 2 is 2.27 bits per heavy atom. The molecule has 0 aliphatic carbocycles. The molecule has 0 saturated carbocycles. The van der Waals surface area contributed by atoms with Crippen LogP contribution in [0.3, 0.4) is 0 Å². The van der Waals surface area contributed by atoms with E-state index in [2.05, 4.69) is 20.3 Å². The zero-order valence-corrected chi connectivity index (χ0v) is 15.0. The molecule has 1 aliphatic heterocycles. The second-order valence-corrected chi connectivity index (χ2v) is 6.21. The van der Waals surface area contributed by atoms with Gasteiger partial charge in [-0.3, -0.25) is 9.67 Å². The van der Waals surface area contributed by atoms with E-state index in [1.54, 1.807) is 17.9 Å². The first-order chi connectivity index (χ1) is 12.6. The predicted molar refractivity (Wildman–Crippen MR) is 94.9 cm³/mol. The van der Waals surface area contributed by atoms with Crippen LogP contribution < -0.4 is 5.32 Å². The molecule has 8 heteroatoms. The lowest BCUT2D eigenvalue weighted by Crippen LogP contribution is -2.48. The van der Waals surface area contributed by atoms with Gasteiger partial charge in [-0.1, -0.05) is 0 Å². The number of benzene rings is 1. The van der Waals surface area contributed by atoms with Crippen LogP contribution in [0.25, 0.3) is 0 Å². The minimum Gasteiger partial charge on any atom is -0.370 e. The fourth-order valence-electron chi connectivity index (χ4n) is 3.03. The average molecular weight is 363 g/mol. The molecule has 0 bridgehead atoms. The molecule has 1 aromatic heterocycles. The molecule has 1 aliphatic rings. The van der Waals surface area contributed by atoms with Crippen molar-refractivity contribution in [3.05, 3.63) is 53.4 Å². The predicted octanol–water partition coefficient (Wildman–Crippen LogP) is 1.89. The maximum Gasteiger partial charge on any atom is 0.193 e. The number of ether oxygens (including phenoxy) is 1. The first kappa shape index (κ1) is 18.3. The molecule has 140 valence electrons. The van der Waals surface area contributed by atoms with Crippen LogP contribution in [0.1, 0.15) is 17.2 Å². The zero-order valence-electron chi connectivity index (χ0n) is 15.0. The maximum absolute atomic E-state index is 13.7. The van der Waals surface area contributed by atoms with E-state index in [0.29, 0.717) is 38.2 Å². The van der Waals surface area contributed by atoms with Gasteiger partial charge in [-0.05, 0) is 30.2 Å². The van der Waals surface area contributed by atoms with Gasteiger partial charge in [0.15, 0.2) is 5.96 Å². The molecule has 1 saturated heterocycles. The van der Waals surface area contributed by atoms with Crippen molar-refractivity contribution in [1.29, 1.82) is 0 Å². The van der Waals surface area contributed by atoms with Crippen LogP contribution in [0.15, 0.2) is 35.6 Å². The Morgan fingerprint density at radius 1 is 1.42 bits per heavy atom. The Bertz CT molecular complexity index is 777. The quantitative estimate of drug-likeness (QED) is 0.666. The summed E-state index contributed by atoms with van der Waals surface area (Å²) < 4.78 is 34.6. The van der Waals surface area contributed by atoms with Crippen LogP contribution in [0.5, 0.6) is 0 Å². The van der Waals surface area contributed by atoms with Crippen molar-refractivity contribution in [2.75, 3.05) is 33.3 Å². The van der Waals surface area contributed by atoms with E-state index >= 15 is 0 Å². The maximum atomic E-state index is 13.7. The normalized spacial score (nSPS) is 18.2. The summed E-state index contributed by atoms with van der Waals surface area (Å²) in [5, 5.41) is 7.41. The molecule has 0 spiro atoms. The third-order valence-electron chi connectivity index (χ3n) is 4.36. The van der Waals surface area contributed by atoms with E-state index in [0.717, 1.165) is 23.7 Å².